The van der Waals surface area contributed by atoms with Crippen molar-refractivity contribution < 1.29 is 0 Å². The molecule has 0 amide bonds. The molecule has 0 aliphatic carbocycles. The van der Waals surface area contributed by atoms with Crippen molar-refractivity contribution in [3.05, 3.63) is 16.4 Å². The van der Waals surface area contributed by atoms with E-state index >= 15 is 0 Å². The van der Waals surface area contributed by atoms with Crippen LogP contribution in [-0.2, 0) is 11.5 Å². The highest BCUT2D eigenvalue weighted by Gasteiger charge is 2.28. The van der Waals surface area contributed by atoms with Crippen LogP contribution in [0.2, 0.25) is 5.15 Å². The standard InChI is InChI=1S/C11H17ClN2S/c1-7(11(2,3)4)14-10(12)8-5-15-6-9(8)13-14/h7H,5-6H2,1-4H3. The largest absolute Gasteiger partial charge is 0.250 e. The second-order valence-electron chi connectivity index (χ2n) is 5.20. The molecule has 4 heteroatoms. The lowest BCUT2D eigenvalue weighted by Crippen LogP contribution is -2.22. The zero-order valence-electron chi connectivity index (χ0n) is 9.67. The number of thioether (sulfide) groups is 1. The van der Waals surface area contributed by atoms with E-state index in [-0.39, 0.29) is 5.41 Å². The molecule has 1 aromatic heterocycles. The van der Waals surface area contributed by atoms with Gasteiger partial charge in [0.15, 0.2) is 0 Å². The van der Waals surface area contributed by atoms with E-state index in [1.807, 2.05) is 16.4 Å². The third-order valence-corrected chi connectivity index (χ3v) is 4.50. The number of hydrogen-bond acceptors (Lipinski definition) is 2. The first kappa shape index (κ1) is 11.3. The van der Waals surface area contributed by atoms with Gasteiger partial charge in [-0.05, 0) is 12.3 Å². The van der Waals surface area contributed by atoms with E-state index in [0.29, 0.717) is 6.04 Å². The molecule has 0 radical (unpaired) electrons. The van der Waals surface area contributed by atoms with Crippen LogP contribution in [-0.4, -0.2) is 9.78 Å². The molecule has 1 atom stereocenters. The van der Waals surface area contributed by atoms with Gasteiger partial charge in [-0.3, -0.25) is 4.68 Å². The molecule has 2 nitrogen and oxygen atoms in total. The van der Waals surface area contributed by atoms with Gasteiger partial charge in [-0.2, -0.15) is 16.9 Å². The second kappa shape index (κ2) is 3.70. The Hall–Kier alpha value is -0.150. The van der Waals surface area contributed by atoms with Gasteiger partial charge in [0.05, 0.1) is 11.7 Å². The first-order chi connectivity index (χ1) is 6.91. The Morgan fingerprint density at radius 1 is 1.40 bits per heavy atom. The lowest BCUT2D eigenvalue weighted by molar-refractivity contribution is 0.244. The Bertz CT molecular complexity index is 379. The monoisotopic (exact) mass is 244 g/mol. The second-order valence-corrected chi connectivity index (χ2v) is 6.54. The van der Waals surface area contributed by atoms with Crippen molar-refractivity contribution in [2.45, 2.75) is 45.2 Å². The summed E-state index contributed by atoms with van der Waals surface area (Å²) in [5.74, 6) is 2.03. The van der Waals surface area contributed by atoms with Gasteiger partial charge in [0.2, 0.25) is 0 Å². The molecule has 0 bridgehead atoms. The smallest absolute Gasteiger partial charge is 0.131 e. The van der Waals surface area contributed by atoms with Crippen LogP contribution in [0.3, 0.4) is 0 Å². The van der Waals surface area contributed by atoms with Gasteiger partial charge < -0.3 is 0 Å². The maximum atomic E-state index is 6.36. The zero-order valence-corrected chi connectivity index (χ0v) is 11.2. The molecular weight excluding hydrogens is 228 g/mol. The van der Waals surface area contributed by atoms with Crippen molar-refractivity contribution in [2.75, 3.05) is 0 Å². The fraction of sp³-hybridized carbons (Fsp3) is 0.727. The molecule has 2 rings (SSSR count). The van der Waals surface area contributed by atoms with E-state index in [0.717, 1.165) is 16.7 Å². The van der Waals surface area contributed by atoms with Gasteiger partial charge in [-0.15, -0.1) is 0 Å². The molecule has 0 saturated heterocycles. The zero-order chi connectivity index (χ0) is 11.2. The molecule has 0 N–H and O–H groups in total. The number of rotatable bonds is 1. The summed E-state index contributed by atoms with van der Waals surface area (Å²) in [4.78, 5) is 0. The van der Waals surface area contributed by atoms with E-state index in [4.69, 9.17) is 11.6 Å². The molecule has 84 valence electrons. The summed E-state index contributed by atoms with van der Waals surface area (Å²) in [6.45, 7) is 8.84. The minimum Gasteiger partial charge on any atom is -0.250 e. The van der Waals surface area contributed by atoms with Crippen LogP contribution in [0.15, 0.2) is 0 Å². The fourth-order valence-corrected chi connectivity index (χ4v) is 3.10. The van der Waals surface area contributed by atoms with Gasteiger partial charge in [0, 0.05) is 17.1 Å². The molecule has 1 aliphatic heterocycles. The predicted octanol–water partition coefficient (Wildman–Crippen LogP) is 3.89. The number of aromatic nitrogens is 2. The van der Waals surface area contributed by atoms with Gasteiger partial charge in [-0.25, -0.2) is 0 Å². The van der Waals surface area contributed by atoms with Crippen LogP contribution in [0.1, 0.15) is 45.0 Å². The first-order valence-corrected chi connectivity index (χ1v) is 6.78. The van der Waals surface area contributed by atoms with Crippen molar-refractivity contribution in [2.24, 2.45) is 5.41 Å². The Labute approximate surface area is 100 Å². The van der Waals surface area contributed by atoms with Crippen LogP contribution in [0.4, 0.5) is 0 Å². The molecule has 1 aromatic rings. The molecular formula is C11H17ClN2S. The molecule has 2 heterocycles. The van der Waals surface area contributed by atoms with E-state index in [1.165, 1.54) is 11.3 Å². The maximum Gasteiger partial charge on any atom is 0.131 e. The minimum atomic E-state index is 0.191. The highest BCUT2D eigenvalue weighted by atomic mass is 35.5. The lowest BCUT2D eigenvalue weighted by Gasteiger charge is -2.28. The Kier molecular flexibility index (Phi) is 2.80. The lowest BCUT2D eigenvalue weighted by atomic mass is 9.88. The molecule has 0 aromatic carbocycles. The summed E-state index contributed by atoms with van der Waals surface area (Å²) >= 11 is 8.25. The SMILES string of the molecule is CC(n1nc2c(c1Cl)CSC2)C(C)(C)C. The maximum absolute atomic E-state index is 6.36. The first-order valence-electron chi connectivity index (χ1n) is 5.24. The molecule has 15 heavy (non-hydrogen) atoms. The number of fused-ring (bicyclic) bond motifs is 1. The highest BCUT2D eigenvalue weighted by Crippen LogP contribution is 2.39. The van der Waals surface area contributed by atoms with Crippen molar-refractivity contribution in [1.29, 1.82) is 0 Å². The van der Waals surface area contributed by atoms with Gasteiger partial charge in [-0.1, -0.05) is 32.4 Å². The van der Waals surface area contributed by atoms with E-state index in [2.05, 4.69) is 32.8 Å². The van der Waals surface area contributed by atoms with Crippen LogP contribution >= 0.6 is 23.4 Å². The summed E-state index contributed by atoms with van der Waals surface area (Å²) in [5, 5.41) is 5.47. The summed E-state index contributed by atoms with van der Waals surface area (Å²) in [6, 6.07) is 0.334. The van der Waals surface area contributed by atoms with Crippen LogP contribution in [0, 0.1) is 5.41 Å². The average Bonchev–Trinajstić information content (AvgIpc) is 2.66. The third-order valence-electron chi connectivity index (χ3n) is 3.13. The molecule has 0 saturated carbocycles. The van der Waals surface area contributed by atoms with Crippen molar-refractivity contribution in [3.63, 3.8) is 0 Å². The molecule has 1 unspecified atom stereocenters. The predicted molar refractivity (Wildman–Crippen MR) is 66.4 cm³/mol. The van der Waals surface area contributed by atoms with Gasteiger partial charge >= 0.3 is 0 Å². The van der Waals surface area contributed by atoms with Crippen LogP contribution < -0.4 is 0 Å². The summed E-state index contributed by atoms with van der Waals surface area (Å²) in [7, 11) is 0. The number of hydrogen-bond donors (Lipinski definition) is 0. The van der Waals surface area contributed by atoms with Crippen molar-refractivity contribution >= 4 is 23.4 Å². The van der Waals surface area contributed by atoms with Crippen molar-refractivity contribution in [1.82, 2.24) is 9.78 Å². The van der Waals surface area contributed by atoms with Gasteiger partial charge in [0.1, 0.15) is 5.15 Å². The minimum absolute atomic E-state index is 0.191. The summed E-state index contributed by atoms with van der Waals surface area (Å²) < 4.78 is 1.99. The normalized spacial score (nSPS) is 17.9. The summed E-state index contributed by atoms with van der Waals surface area (Å²) in [5.41, 5.74) is 2.62. The van der Waals surface area contributed by atoms with E-state index in [1.54, 1.807) is 0 Å². The molecule has 0 spiro atoms. The average molecular weight is 245 g/mol. The van der Waals surface area contributed by atoms with Crippen molar-refractivity contribution in [3.8, 4) is 0 Å². The Morgan fingerprint density at radius 2 is 2.07 bits per heavy atom. The third kappa shape index (κ3) is 1.92. The molecule has 0 fully saturated rings. The van der Waals surface area contributed by atoms with Crippen LogP contribution in [0.25, 0.3) is 0 Å². The Balaban J connectivity index is 2.38. The molecule has 1 aliphatic rings. The van der Waals surface area contributed by atoms with E-state index in [9.17, 15) is 0 Å². The van der Waals surface area contributed by atoms with Gasteiger partial charge in [0.25, 0.3) is 0 Å². The number of halogens is 1. The summed E-state index contributed by atoms with van der Waals surface area (Å²) in [6.07, 6.45) is 0. The fourth-order valence-electron chi connectivity index (χ4n) is 1.62. The number of nitrogens with zero attached hydrogens (tertiary/aromatic N) is 2. The topological polar surface area (TPSA) is 17.8 Å². The Morgan fingerprint density at radius 3 is 2.60 bits per heavy atom. The highest BCUT2D eigenvalue weighted by molar-refractivity contribution is 7.98. The quantitative estimate of drug-likeness (QED) is 0.746. The van der Waals surface area contributed by atoms with Crippen LogP contribution in [0.5, 0.6) is 0 Å². The van der Waals surface area contributed by atoms with E-state index < -0.39 is 0 Å².